The maximum absolute atomic E-state index is 13.5. The molecular weight excluding hydrogens is 480 g/mol. The number of alkyl carbamates (subject to hydrolysis) is 1. The number of hydrogen-bond donors (Lipinski definition) is 2. The Morgan fingerprint density at radius 3 is 2.36 bits per heavy atom. The van der Waals surface area contributed by atoms with Crippen LogP contribution in [0, 0.1) is 12.3 Å². The molecule has 10 nitrogen and oxygen atoms in total. The summed E-state index contributed by atoms with van der Waals surface area (Å²) in [5.41, 5.74) is 2.31. The van der Waals surface area contributed by atoms with Crippen molar-refractivity contribution in [2.45, 2.75) is 85.5 Å². The first kappa shape index (κ1) is 27.5. The minimum absolute atomic E-state index is 0.151. The molecule has 0 aromatic carbocycles. The lowest BCUT2D eigenvalue weighted by Crippen LogP contribution is -2.58. The summed E-state index contributed by atoms with van der Waals surface area (Å²) < 4.78 is 5.36. The van der Waals surface area contributed by atoms with Crippen LogP contribution >= 0.6 is 11.3 Å². The van der Waals surface area contributed by atoms with Crippen LogP contribution in [-0.2, 0) is 20.9 Å². The molecule has 36 heavy (non-hydrogen) atoms. The van der Waals surface area contributed by atoms with E-state index in [4.69, 9.17) is 4.74 Å². The molecule has 2 aromatic rings. The third kappa shape index (κ3) is 6.99. The van der Waals surface area contributed by atoms with E-state index in [1.165, 1.54) is 11.3 Å². The number of aryl methyl sites for hydroxylation is 1. The summed E-state index contributed by atoms with van der Waals surface area (Å²) in [4.78, 5) is 54.5. The van der Waals surface area contributed by atoms with Crippen molar-refractivity contribution in [2.24, 2.45) is 5.41 Å². The lowest BCUT2D eigenvalue weighted by Gasteiger charge is -2.35. The van der Waals surface area contributed by atoms with E-state index in [0.717, 1.165) is 16.1 Å². The predicted octanol–water partition coefficient (Wildman–Crippen LogP) is 3.46. The van der Waals surface area contributed by atoms with Gasteiger partial charge >= 0.3 is 6.09 Å². The van der Waals surface area contributed by atoms with Crippen molar-refractivity contribution in [3.63, 3.8) is 0 Å². The van der Waals surface area contributed by atoms with Crippen LogP contribution in [0.1, 0.15) is 65.9 Å². The average molecular weight is 517 g/mol. The first-order chi connectivity index (χ1) is 16.8. The van der Waals surface area contributed by atoms with E-state index in [0.29, 0.717) is 25.2 Å². The highest BCUT2D eigenvalue weighted by molar-refractivity contribution is 7.13. The number of likely N-dealkylation sites (tertiary alicyclic amines) is 1. The van der Waals surface area contributed by atoms with Crippen LogP contribution in [0.4, 0.5) is 4.79 Å². The molecule has 2 unspecified atom stereocenters. The standard InChI is InChI=1S/C25H36N6O4S/c1-15-19(36-14-29-15)16-11-26-18(27-12-16)13-28-21(32)17-9-8-10-31(17)22(33)20(24(2,3)4)30-23(34)35-25(5,6)7/h11-12,14,17,20H,8-10,13H2,1-7H3,(H,28,32)(H,30,34). The van der Waals surface area contributed by atoms with E-state index >= 15 is 0 Å². The molecule has 2 aromatic heterocycles. The van der Waals surface area contributed by atoms with E-state index in [2.05, 4.69) is 25.6 Å². The van der Waals surface area contributed by atoms with Crippen molar-refractivity contribution in [2.75, 3.05) is 6.54 Å². The summed E-state index contributed by atoms with van der Waals surface area (Å²) in [5.74, 6) is -0.0902. The van der Waals surface area contributed by atoms with Crippen molar-refractivity contribution in [1.82, 2.24) is 30.5 Å². The Morgan fingerprint density at radius 1 is 1.14 bits per heavy atom. The molecule has 3 amide bonds. The first-order valence-electron chi connectivity index (χ1n) is 12.1. The number of carbonyl (C=O) groups excluding carboxylic acids is 3. The normalized spacial score (nSPS) is 17.0. The topological polar surface area (TPSA) is 126 Å². The molecule has 11 heteroatoms. The summed E-state index contributed by atoms with van der Waals surface area (Å²) in [5, 5.41) is 5.58. The van der Waals surface area contributed by atoms with Crippen molar-refractivity contribution in [3.8, 4) is 10.4 Å². The maximum Gasteiger partial charge on any atom is 0.408 e. The van der Waals surface area contributed by atoms with Gasteiger partial charge in [-0.2, -0.15) is 0 Å². The predicted molar refractivity (Wildman–Crippen MR) is 137 cm³/mol. The maximum atomic E-state index is 13.5. The van der Waals surface area contributed by atoms with Gasteiger partial charge in [0.25, 0.3) is 0 Å². The summed E-state index contributed by atoms with van der Waals surface area (Å²) in [6, 6.07) is -1.46. The fourth-order valence-electron chi connectivity index (χ4n) is 3.97. The third-order valence-electron chi connectivity index (χ3n) is 5.75. The zero-order valence-electron chi connectivity index (χ0n) is 22.0. The van der Waals surface area contributed by atoms with Gasteiger partial charge in [0.05, 0.1) is 22.6 Å². The molecule has 1 aliphatic rings. The van der Waals surface area contributed by atoms with Gasteiger partial charge in [-0.3, -0.25) is 9.59 Å². The lowest BCUT2D eigenvalue weighted by atomic mass is 9.85. The van der Waals surface area contributed by atoms with Gasteiger partial charge in [0.1, 0.15) is 23.5 Å². The number of nitrogens with zero attached hydrogens (tertiary/aromatic N) is 4. The van der Waals surface area contributed by atoms with Gasteiger partial charge in [0.15, 0.2) is 0 Å². The second-order valence-corrected chi connectivity index (χ2v) is 11.9. The molecule has 1 aliphatic heterocycles. The molecule has 1 fully saturated rings. The minimum atomic E-state index is -0.841. The highest BCUT2D eigenvalue weighted by Gasteiger charge is 2.42. The zero-order chi connectivity index (χ0) is 26.7. The molecule has 196 valence electrons. The molecule has 1 saturated heterocycles. The van der Waals surface area contributed by atoms with Crippen LogP contribution in [0.15, 0.2) is 17.9 Å². The molecule has 0 bridgehead atoms. The zero-order valence-corrected chi connectivity index (χ0v) is 22.9. The third-order valence-corrected chi connectivity index (χ3v) is 6.72. The SMILES string of the molecule is Cc1ncsc1-c1cnc(CNC(=O)C2CCCN2C(=O)C(NC(=O)OC(C)(C)C)C(C)(C)C)nc1. The van der Waals surface area contributed by atoms with Gasteiger partial charge < -0.3 is 20.3 Å². The summed E-state index contributed by atoms with van der Waals surface area (Å²) in [7, 11) is 0. The number of aromatic nitrogens is 3. The van der Waals surface area contributed by atoms with Crippen LogP contribution in [-0.4, -0.2) is 62.0 Å². The van der Waals surface area contributed by atoms with Crippen molar-refractivity contribution < 1.29 is 19.1 Å². The number of amides is 3. The number of ether oxygens (including phenoxy) is 1. The Bertz CT molecular complexity index is 1090. The van der Waals surface area contributed by atoms with E-state index < -0.39 is 29.2 Å². The van der Waals surface area contributed by atoms with Gasteiger partial charge in [-0.1, -0.05) is 20.8 Å². The van der Waals surface area contributed by atoms with Gasteiger partial charge in [-0.15, -0.1) is 11.3 Å². The molecule has 0 spiro atoms. The molecule has 3 heterocycles. The van der Waals surface area contributed by atoms with Crippen molar-refractivity contribution in [3.05, 3.63) is 29.4 Å². The molecule has 2 N–H and O–H groups in total. The average Bonchev–Trinajstić information content (AvgIpc) is 3.43. The van der Waals surface area contributed by atoms with Crippen LogP contribution in [0.25, 0.3) is 10.4 Å². The second kappa shape index (κ2) is 10.9. The van der Waals surface area contributed by atoms with Gasteiger partial charge in [-0.25, -0.2) is 19.7 Å². The summed E-state index contributed by atoms with van der Waals surface area (Å²) in [6.07, 6.45) is 4.02. The van der Waals surface area contributed by atoms with Crippen molar-refractivity contribution in [1.29, 1.82) is 0 Å². The highest BCUT2D eigenvalue weighted by atomic mass is 32.1. The fourth-order valence-corrected chi connectivity index (χ4v) is 4.75. The number of nitrogens with one attached hydrogen (secondary N) is 2. The van der Waals surface area contributed by atoms with Crippen LogP contribution in [0.2, 0.25) is 0 Å². The van der Waals surface area contributed by atoms with Crippen LogP contribution in [0.3, 0.4) is 0 Å². The minimum Gasteiger partial charge on any atom is -0.444 e. The van der Waals surface area contributed by atoms with E-state index in [1.807, 2.05) is 27.7 Å². The van der Waals surface area contributed by atoms with Crippen LogP contribution in [0.5, 0.6) is 0 Å². The molecule has 2 atom stereocenters. The monoisotopic (exact) mass is 516 g/mol. The number of rotatable bonds is 6. The number of carbonyl (C=O) groups is 3. The Hall–Kier alpha value is -3.08. The molecule has 0 aliphatic carbocycles. The van der Waals surface area contributed by atoms with E-state index in [9.17, 15) is 14.4 Å². The van der Waals surface area contributed by atoms with E-state index in [-0.39, 0.29) is 18.4 Å². The molecule has 3 rings (SSSR count). The Balaban J connectivity index is 1.64. The van der Waals surface area contributed by atoms with Gasteiger partial charge in [0.2, 0.25) is 11.8 Å². The number of thiazole rings is 1. The van der Waals surface area contributed by atoms with E-state index in [1.54, 1.807) is 43.6 Å². The first-order valence-corrected chi connectivity index (χ1v) is 12.9. The molecule has 0 radical (unpaired) electrons. The van der Waals surface area contributed by atoms with Gasteiger partial charge in [0, 0.05) is 24.5 Å². The molecular formula is C25H36N6O4S. The Morgan fingerprint density at radius 2 is 1.81 bits per heavy atom. The molecule has 0 saturated carbocycles. The fraction of sp³-hybridized carbons (Fsp3) is 0.600. The van der Waals surface area contributed by atoms with Gasteiger partial charge in [-0.05, 0) is 46.0 Å². The Labute approximate surface area is 216 Å². The summed E-state index contributed by atoms with van der Waals surface area (Å²) >= 11 is 1.52. The quantitative estimate of drug-likeness (QED) is 0.602. The van der Waals surface area contributed by atoms with Crippen LogP contribution < -0.4 is 10.6 Å². The number of hydrogen-bond acceptors (Lipinski definition) is 8. The largest absolute Gasteiger partial charge is 0.444 e. The second-order valence-electron chi connectivity index (χ2n) is 11.0. The summed E-state index contributed by atoms with van der Waals surface area (Å²) in [6.45, 7) is 13.4. The van der Waals surface area contributed by atoms with Crippen molar-refractivity contribution >= 4 is 29.2 Å². The smallest absolute Gasteiger partial charge is 0.408 e. The Kier molecular flexibility index (Phi) is 8.33. The lowest BCUT2D eigenvalue weighted by molar-refractivity contribution is -0.142. The highest BCUT2D eigenvalue weighted by Crippen LogP contribution is 2.27.